The lowest BCUT2D eigenvalue weighted by molar-refractivity contribution is -0.120. The van der Waals surface area contributed by atoms with Crippen LogP contribution < -0.4 is 10.1 Å². The molecule has 3 aromatic rings. The van der Waals surface area contributed by atoms with E-state index in [2.05, 4.69) is 5.32 Å². The maximum atomic E-state index is 13.0. The van der Waals surface area contributed by atoms with E-state index in [1.54, 1.807) is 24.3 Å². The Morgan fingerprint density at radius 3 is 2.36 bits per heavy atom. The fourth-order valence-corrected chi connectivity index (χ4v) is 5.66. The van der Waals surface area contributed by atoms with Crippen LogP contribution in [0.1, 0.15) is 24.0 Å². The van der Waals surface area contributed by atoms with Gasteiger partial charge < -0.3 is 10.1 Å². The molecule has 172 valence electrons. The van der Waals surface area contributed by atoms with Crippen LogP contribution >= 0.6 is 0 Å². The van der Waals surface area contributed by atoms with Crippen LogP contribution in [0, 0.1) is 12.8 Å². The molecule has 0 spiro atoms. The summed E-state index contributed by atoms with van der Waals surface area (Å²) < 4.78 is 33.2. The number of sulfonamides is 1. The van der Waals surface area contributed by atoms with E-state index >= 15 is 0 Å². The number of amides is 1. The summed E-state index contributed by atoms with van der Waals surface area (Å²) in [6.45, 7) is 2.56. The smallest absolute Gasteiger partial charge is 0.228 e. The fourth-order valence-electron chi connectivity index (χ4n) is 3.94. The number of carbonyl (C=O) groups is 1. The molecule has 0 radical (unpaired) electrons. The first-order valence-electron chi connectivity index (χ1n) is 11.1. The number of nitrogens with one attached hydrogen (secondary N) is 1. The molecule has 1 atom stereocenters. The van der Waals surface area contributed by atoms with Crippen molar-refractivity contribution in [2.24, 2.45) is 5.92 Å². The van der Waals surface area contributed by atoms with Gasteiger partial charge in [0.05, 0.1) is 11.7 Å². The van der Waals surface area contributed by atoms with Crippen molar-refractivity contribution in [1.29, 1.82) is 0 Å². The van der Waals surface area contributed by atoms with E-state index in [0.29, 0.717) is 30.8 Å². The van der Waals surface area contributed by atoms with E-state index in [1.165, 1.54) is 4.31 Å². The van der Waals surface area contributed by atoms with Crippen LogP contribution in [0.2, 0.25) is 0 Å². The highest BCUT2D eigenvalue weighted by molar-refractivity contribution is 7.88. The van der Waals surface area contributed by atoms with Gasteiger partial charge in [-0.1, -0.05) is 42.5 Å². The predicted octanol–water partition coefficient (Wildman–Crippen LogP) is 4.97. The molecule has 1 N–H and O–H groups in total. The zero-order chi connectivity index (χ0) is 23.3. The summed E-state index contributed by atoms with van der Waals surface area (Å²) in [5.74, 6) is 0.818. The molecule has 1 aliphatic heterocycles. The Morgan fingerprint density at radius 1 is 0.970 bits per heavy atom. The standard InChI is InChI=1S/C26H28N2O4S/c1-20-8-5-6-9-22(20)19-33(30,31)28-17-7-10-21(18-28)26(29)27-23-13-15-25(16-14-23)32-24-11-3-2-4-12-24/h2-6,8-9,11-16,21H,7,10,17-19H2,1H3,(H,27,29)/t21-/m0/s1. The quantitative estimate of drug-likeness (QED) is 0.536. The maximum Gasteiger partial charge on any atom is 0.228 e. The Labute approximate surface area is 195 Å². The lowest BCUT2D eigenvalue weighted by Gasteiger charge is -2.31. The molecule has 0 unspecified atom stereocenters. The van der Waals surface area contributed by atoms with Gasteiger partial charge in [-0.25, -0.2) is 12.7 Å². The molecule has 0 saturated carbocycles. The third-order valence-electron chi connectivity index (χ3n) is 5.85. The molecular weight excluding hydrogens is 436 g/mol. The van der Waals surface area contributed by atoms with Crippen molar-refractivity contribution in [2.75, 3.05) is 18.4 Å². The second-order valence-corrected chi connectivity index (χ2v) is 10.3. The topological polar surface area (TPSA) is 75.7 Å². The number of nitrogens with zero attached hydrogens (tertiary/aromatic N) is 1. The molecule has 33 heavy (non-hydrogen) atoms. The fraction of sp³-hybridized carbons (Fsp3) is 0.269. The minimum absolute atomic E-state index is 0.0448. The minimum atomic E-state index is -3.50. The monoisotopic (exact) mass is 464 g/mol. The number of hydrogen-bond acceptors (Lipinski definition) is 4. The van der Waals surface area contributed by atoms with Crippen LogP contribution in [0.25, 0.3) is 0 Å². The molecule has 0 bridgehead atoms. The Kier molecular flexibility index (Phi) is 7.11. The number of anilines is 1. The number of piperidine rings is 1. The molecule has 0 aliphatic carbocycles. The summed E-state index contributed by atoms with van der Waals surface area (Å²) in [5.41, 5.74) is 2.40. The summed E-state index contributed by atoms with van der Waals surface area (Å²) in [6, 6.07) is 24.1. The van der Waals surface area contributed by atoms with Crippen molar-refractivity contribution in [1.82, 2.24) is 4.31 Å². The van der Waals surface area contributed by atoms with Gasteiger partial charge in [0.2, 0.25) is 15.9 Å². The van der Waals surface area contributed by atoms with Gasteiger partial charge in [0.15, 0.2) is 0 Å². The zero-order valence-corrected chi connectivity index (χ0v) is 19.4. The third kappa shape index (κ3) is 6.00. The summed E-state index contributed by atoms with van der Waals surface area (Å²) in [4.78, 5) is 12.9. The molecule has 4 rings (SSSR count). The first-order chi connectivity index (χ1) is 15.9. The van der Waals surface area contributed by atoms with Crippen LogP contribution in [0.3, 0.4) is 0 Å². The van der Waals surface area contributed by atoms with Crippen LogP contribution in [-0.4, -0.2) is 31.7 Å². The van der Waals surface area contributed by atoms with E-state index in [1.807, 2.05) is 61.5 Å². The van der Waals surface area contributed by atoms with Crippen molar-refractivity contribution in [3.05, 3.63) is 90.0 Å². The largest absolute Gasteiger partial charge is 0.457 e. The lowest BCUT2D eigenvalue weighted by Crippen LogP contribution is -2.44. The van der Waals surface area contributed by atoms with E-state index in [0.717, 1.165) is 16.9 Å². The van der Waals surface area contributed by atoms with Crippen LogP contribution in [-0.2, 0) is 20.6 Å². The van der Waals surface area contributed by atoms with E-state index in [9.17, 15) is 13.2 Å². The van der Waals surface area contributed by atoms with Gasteiger partial charge in [-0.2, -0.15) is 0 Å². The summed E-state index contributed by atoms with van der Waals surface area (Å²) in [6.07, 6.45) is 1.33. The van der Waals surface area contributed by atoms with Gasteiger partial charge in [0.1, 0.15) is 11.5 Å². The van der Waals surface area contributed by atoms with Crippen molar-refractivity contribution in [2.45, 2.75) is 25.5 Å². The lowest BCUT2D eigenvalue weighted by atomic mass is 9.99. The number of hydrogen-bond donors (Lipinski definition) is 1. The van der Waals surface area contributed by atoms with Crippen molar-refractivity contribution >= 4 is 21.6 Å². The highest BCUT2D eigenvalue weighted by Gasteiger charge is 2.32. The Bertz CT molecular complexity index is 1190. The van der Waals surface area contributed by atoms with Gasteiger partial charge in [-0.15, -0.1) is 0 Å². The van der Waals surface area contributed by atoms with E-state index in [-0.39, 0.29) is 24.1 Å². The van der Waals surface area contributed by atoms with Crippen molar-refractivity contribution in [3.63, 3.8) is 0 Å². The zero-order valence-electron chi connectivity index (χ0n) is 18.6. The summed E-state index contributed by atoms with van der Waals surface area (Å²) in [7, 11) is -3.50. The first kappa shape index (κ1) is 23.0. The Hall–Kier alpha value is -3.16. The van der Waals surface area contributed by atoms with Crippen molar-refractivity contribution in [3.8, 4) is 11.5 Å². The average Bonchev–Trinajstić information content (AvgIpc) is 2.82. The minimum Gasteiger partial charge on any atom is -0.457 e. The highest BCUT2D eigenvalue weighted by atomic mass is 32.2. The first-order valence-corrected chi connectivity index (χ1v) is 12.7. The number of rotatable bonds is 7. The molecule has 6 nitrogen and oxygen atoms in total. The van der Waals surface area contributed by atoms with Gasteiger partial charge in [0.25, 0.3) is 0 Å². The molecule has 1 fully saturated rings. The number of carbonyl (C=O) groups excluding carboxylic acids is 1. The predicted molar refractivity (Wildman–Crippen MR) is 130 cm³/mol. The number of aryl methyl sites for hydroxylation is 1. The van der Waals surface area contributed by atoms with E-state index in [4.69, 9.17) is 4.74 Å². The molecule has 3 aromatic carbocycles. The number of ether oxygens (including phenoxy) is 1. The number of benzene rings is 3. The number of para-hydroxylation sites is 1. The van der Waals surface area contributed by atoms with Crippen LogP contribution in [0.15, 0.2) is 78.9 Å². The van der Waals surface area contributed by atoms with Gasteiger partial charge in [-0.05, 0) is 67.3 Å². The second kappa shape index (κ2) is 10.2. The maximum absolute atomic E-state index is 13.0. The van der Waals surface area contributed by atoms with Gasteiger partial charge in [0, 0.05) is 18.8 Å². The van der Waals surface area contributed by atoms with E-state index < -0.39 is 10.0 Å². The highest BCUT2D eigenvalue weighted by Crippen LogP contribution is 2.25. The molecule has 7 heteroatoms. The van der Waals surface area contributed by atoms with Crippen LogP contribution in [0.4, 0.5) is 5.69 Å². The average molecular weight is 465 g/mol. The molecule has 1 amide bonds. The molecule has 1 saturated heterocycles. The summed E-state index contributed by atoms with van der Waals surface area (Å²) in [5, 5.41) is 2.92. The Morgan fingerprint density at radius 2 is 1.64 bits per heavy atom. The molecule has 1 heterocycles. The SMILES string of the molecule is Cc1ccccc1CS(=O)(=O)N1CCC[C@H](C(=O)Nc2ccc(Oc3ccccc3)cc2)C1. The second-order valence-electron chi connectivity index (χ2n) is 8.31. The summed E-state index contributed by atoms with van der Waals surface area (Å²) >= 11 is 0. The Balaban J connectivity index is 1.36. The van der Waals surface area contributed by atoms with Gasteiger partial charge >= 0.3 is 0 Å². The van der Waals surface area contributed by atoms with Crippen LogP contribution in [0.5, 0.6) is 11.5 Å². The van der Waals surface area contributed by atoms with Crippen molar-refractivity contribution < 1.29 is 17.9 Å². The molecular formula is C26H28N2O4S. The molecule has 0 aromatic heterocycles. The normalized spacial score (nSPS) is 16.8. The van der Waals surface area contributed by atoms with Gasteiger partial charge in [-0.3, -0.25) is 4.79 Å². The third-order valence-corrected chi connectivity index (χ3v) is 7.64. The molecule has 1 aliphatic rings.